The quantitative estimate of drug-likeness (QED) is 0.597. The second kappa shape index (κ2) is 10.9. The van der Waals surface area contributed by atoms with Crippen molar-refractivity contribution in [2.75, 3.05) is 45.1 Å². The molecule has 148 valence electrons. The van der Waals surface area contributed by atoms with Crippen molar-refractivity contribution in [3.8, 4) is 0 Å². The summed E-state index contributed by atoms with van der Waals surface area (Å²) in [7, 11) is 0.726. The molecule has 0 aromatic heterocycles. The molecule has 26 heavy (non-hydrogen) atoms. The van der Waals surface area contributed by atoms with Gasteiger partial charge in [0.25, 0.3) is 0 Å². The Morgan fingerprint density at radius 3 is 2.38 bits per heavy atom. The molecule has 0 amide bonds. The van der Waals surface area contributed by atoms with Gasteiger partial charge < -0.3 is 9.64 Å². The van der Waals surface area contributed by atoms with E-state index in [2.05, 4.69) is 23.7 Å². The normalized spacial score (nSPS) is 16.9. The van der Waals surface area contributed by atoms with Gasteiger partial charge in [-0.25, -0.2) is 0 Å². The lowest BCUT2D eigenvalue weighted by Crippen LogP contribution is -2.43. The van der Waals surface area contributed by atoms with Gasteiger partial charge in [-0.1, -0.05) is 31.0 Å². The molecule has 6 nitrogen and oxygen atoms in total. The maximum Gasteiger partial charge on any atom is 0.301 e. The fourth-order valence-corrected chi connectivity index (χ4v) is 4.35. The van der Waals surface area contributed by atoms with Gasteiger partial charge in [-0.3, -0.25) is 4.72 Å². The minimum atomic E-state index is -3.48. The molecular weight excluding hydrogens is 350 g/mol. The van der Waals surface area contributed by atoms with E-state index in [9.17, 15) is 8.42 Å². The fourth-order valence-electron chi connectivity index (χ4n) is 3.09. The van der Waals surface area contributed by atoms with Crippen LogP contribution in [0, 0.1) is 0 Å². The molecule has 1 fully saturated rings. The average Bonchev–Trinajstić information content (AvgIpc) is 2.61. The molecule has 2 rings (SSSR count). The van der Waals surface area contributed by atoms with E-state index in [1.807, 2.05) is 18.2 Å². The van der Waals surface area contributed by atoms with E-state index in [1.165, 1.54) is 23.6 Å². The molecular formula is C19H33N3O3S. The van der Waals surface area contributed by atoms with E-state index in [0.29, 0.717) is 18.8 Å². The second-order valence-corrected chi connectivity index (χ2v) is 8.83. The van der Waals surface area contributed by atoms with Gasteiger partial charge in [0.1, 0.15) is 0 Å². The van der Waals surface area contributed by atoms with Crippen LogP contribution in [-0.4, -0.2) is 64.1 Å². The first kappa shape index (κ1) is 21.2. The molecule has 0 atom stereocenters. The number of hydrogen-bond donors (Lipinski definition) is 1. The van der Waals surface area contributed by atoms with Gasteiger partial charge in [0.05, 0.1) is 6.10 Å². The highest BCUT2D eigenvalue weighted by Crippen LogP contribution is 2.19. The Bertz CT molecular complexity index is 600. The van der Waals surface area contributed by atoms with Crippen LogP contribution in [0.1, 0.15) is 38.5 Å². The number of nitrogens with zero attached hydrogens (tertiary/aromatic N) is 2. The number of hydrogen-bond acceptors (Lipinski definition) is 4. The molecule has 7 heteroatoms. The molecule has 1 aromatic rings. The standard InChI is InChI=1S/C19H33N3O3S/c1-21(2)14-8-3-4-9-17-25-19-12-15-22(16-13-19)26(23,24)20-18-10-6-5-7-11-18/h5-7,10-11,19-20H,3-4,8-9,12-17H2,1-2H3. The van der Waals surface area contributed by atoms with Crippen LogP contribution in [0.25, 0.3) is 0 Å². The highest BCUT2D eigenvalue weighted by Gasteiger charge is 2.28. The zero-order valence-corrected chi connectivity index (χ0v) is 16.9. The van der Waals surface area contributed by atoms with Crippen LogP contribution in [-0.2, 0) is 14.9 Å². The molecule has 0 radical (unpaired) electrons. The van der Waals surface area contributed by atoms with Crippen LogP contribution in [0.5, 0.6) is 0 Å². The van der Waals surface area contributed by atoms with Crippen molar-refractivity contribution in [3.05, 3.63) is 30.3 Å². The Morgan fingerprint density at radius 2 is 1.73 bits per heavy atom. The van der Waals surface area contributed by atoms with Gasteiger partial charge >= 0.3 is 10.2 Å². The fraction of sp³-hybridized carbons (Fsp3) is 0.684. The maximum atomic E-state index is 12.4. The van der Waals surface area contributed by atoms with E-state index in [0.717, 1.165) is 32.4 Å². The highest BCUT2D eigenvalue weighted by atomic mass is 32.2. The van der Waals surface area contributed by atoms with E-state index in [1.54, 1.807) is 12.1 Å². The number of ether oxygens (including phenoxy) is 1. The average molecular weight is 384 g/mol. The number of piperidine rings is 1. The SMILES string of the molecule is CN(C)CCCCCCOC1CCN(S(=O)(=O)Nc2ccccc2)CC1. The van der Waals surface area contributed by atoms with Crippen molar-refractivity contribution in [1.82, 2.24) is 9.21 Å². The molecule has 1 N–H and O–H groups in total. The molecule has 0 aliphatic carbocycles. The van der Waals surface area contributed by atoms with Gasteiger partial charge in [0, 0.05) is 25.4 Å². The van der Waals surface area contributed by atoms with Crippen molar-refractivity contribution >= 4 is 15.9 Å². The predicted molar refractivity (Wildman–Crippen MR) is 107 cm³/mol. The number of benzene rings is 1. The predicted octanol–water partition coefficient (Wildman–Crippen LogP) is 2.95. The number of nitrogens with one attached hydrogen (secondary N) is 1. The monoisotopic (exact) mass is 383 g/mol. The third-order valence-electron chi connectivity index (χ3n) is 4.61. The highest BCUT2D eigenvalue weighted by molar-refractivity contribution is 7.90. The summed E-state index contributed by atoms with van der Waals surface area (Å²) in [4.78, 5) is 2.21. The Hall–Kier alpha value is -1.15. The van der Waals surface area contributed by atoms with Crippen LogP contribution in [0.2, 0.25) is 0 Å². The van der Waals surface area contributed by atoms with E-state index < -0.39 is 10.2 Å². The van der Waals surface area contributed by atoms with Gasteiger partial charge in [0.2, 0.25) is 0 Å². The van der Waals surface area contributed by atoms with Crippen molar-refractivity contribution in [1.29, 1.82) is 0 Å². The number of rotatable bonds is 11. The van der Waals surface area contributed by atoms with Gasteiger partial charge in [0.15, 0.2) is 0 Å². The van der Waals surface area contributed by atoms with Gasteiger partial charge in [-0.15, -0.1) is 0 Å². The summed E-state index contributed by atoms with van der Waals surface area (Å²) in [5.74, 6) is 0. The second-order valence-electron chi connectivity index (χ2n) is 7.16. The lowest BCUT2D eigenvalue weighted by Gasteiger charge is -2.31. The summed E-state index contributed by atoms with van der Waals surface area (Å²) in [5.41, 5.74) is 0.597. The van der Waals surface area contributed by atoms with Crippen molar-refractivity contribution < 1.29 is 13.2 Å². The van der Waals surface area contributed by atoms with E-state index in [4.69, 9.17) is 4.74 Å². The maximum absolute atomic E-state index is 12.4. The molecule has 0 spiro atoms. The topological polar surface area (TPSA) is 61.9 Å². The number of anilines is 1. The lowest BCUT2D eigenvalue weighted by atomic mass is 10.1. The largest absolute Gasteiger partial charge is 0.378 e. The van der Waals surface area contributed by atoms with E-state index in [-0.39, 0.29) is 6.10 Å². The zero-order valence-electron chi connectivity index (χ0n) is 16.1. The Balaban J connectivity index is 1.61. The third-order valence-corrected chi connectivity index (χ3v) is 6.15. The summed E-state index contributed by atoms with van der Waals surface area (Å²) in [5, 5.41) is 0. The molecule has 1 aliphatic rings. The minimum Gasteiger partial charge on any atom is -0.378 e. The first-order chi connectivity index (χ1) is 12.5. The summed E-state index contributed by atoms with van der Waals surface area (Å²) in [6.45, 7) is 2.94. The lowest BCUT2D eigenvalue weighted by molar-refractivity contribution is 0.0193. The van der Waals surface area contributed by atoms with Crippen molar-refractivity contribution in [2.45, 2.75) is 44.6 Å². The number of unbranched alkanes of at least 4 members (excludes halogenated alkanes) is 3. The molecule has 1 saturated heterocycles. The summed E-state index contributed by atoms with van der Waals surface area (Å²) in [6, 6.07) is 9.01. The smallest absolute Gasteiger partial charge is 0.301 e. The Morgan fingerprint density at radius 1 is 1.08 bits per heavy atom. The van der Waals surface area contributed by atoms with E-state index >= 15 is 0 Å². The summed E-state index contributed by atoms with van der Waals surface area (Å²) >= 11 is 0. The van der Waals surface area contributed by atoms with Crippen molar-refractivity contribution in [2.24, 2.45) is 0 Å². The zero-order chi connectivity index (χ0) is 18.8. The van der Waals surface area contributed by atoms with Crippen LogP contribution in [0.4, 0.5) is 5.69 Å². The first-order valence-electron chi connectivity index (χ1n) is 9.56. The molecule has 0 saturated carbocycles. The summed E-state index contributed by atoms with van der Waals surface area (Å²) < 4.78 is 35.0. The van der Waals surface area contributed by atoms with Crippen LogP contribution in [0.3, 0.4) is 0 Å². The molecule has 1 heterocycles. The molecule has 0 bridgehead atoms. The number of para-hydroxylation sites is 1. The summed E-state index contributed by atoms with van der Waals surface area (Å²) in [6.07, 6.45) is 6.46. The first-order valence-corrected chi connectivity index (χ1v) is 11.0. The van der Waals surface area contributed by atoms with Gasteiger partial charge in [-0.05, 0) is 58.5 Å². The molecule has 1 aliphatic heterocycles. The molecule has 0 unspecified atom stereocenters. The minimum absolute atomic E-state index is 0.181. The van der Waals surface area contributed by atoms with Crippen LogP contribution in [0.15, 0.2) is 30.3 Å². The third kappa shape index (κ3) is 7.61. The van der Waals surface area contributed by atoms with Crippen LogP contribution < -0.4 is 4.72 Å². The van der Waals surface area contributed by atoms with Crippen molar-refractivity contribution in [3.63, 3.8) is 0 Å². The van der Waals surface area contributed by atoms with Crippen LogP contribution >= 0.6 is 0 Å². The molecule has 1 aromatic carbocycles. The van der Waals surface area contributed by atoms with Gasteiger partial charge in [-0.2, -0.15) is 12.7 Å². The Kier molecular flexibility index (Phi) is 8.84. The Labute approximate surface area is 158 Å².